The van der Waals surface area contributed by atoms with E-state index in [9.17, 15) is 11.8 Å². The number of rotatable bonds is 4. The normalized spacial score (nSPS) is 12.0. The minimum atomic E-state index is 0.486. The van der Waals surface area contributed by atoms with Gasteiger partial charge in [-0.05, 0) is 56.9 Å². The molecule has 4 nitrogen and oxygen atoms in total. The topological polar surface area (TPSA) is 38.0 Å². The average molecular weight is 923 g/mol. The molecule has 4 heterocycles. The zero-order valence-corrected chi connectivity index (χ0v) is 38.9. The van der Waals surface area contributed by atoms with Crippen LogP contribution in [0.2, 0.25) is 0 Å². The average Bonchev–Trinajstić information content (AvgIpc) is 4.18. The molecule has 0 fully saturated rings. The highest BCUT2D eigenvalue weighted by molar-refractivity contribution is 7.27. The van der Waals surface area contributed by atoms with E-state index in [0.717, 1.165) is 108 Å². The van der Waals surface area contributed by atoms with Crippen LogP contribution in [0, 0.1) is 17.9 Å². The van der Waals surface area contributed by atoms with Crippen LogP contribution >= 0.6 is 22.7 Å². The quantitative estimate of drug-likeness (QED) is 0.162. The van der Waals surface area contributed by atoms with Gasteiger partial charge in [0.05, 0.1) is 55.0 Å². The molecule has 322 valence electrons. The Morgan fingerprint density at radius 1 is 0.386 bits per heavy atom. The van der Waals surface area contributed by atoms with Crippen molar-refractivity contribution in [1.82, 2.24) is 9.13 Å². The SMILES string of the molecule is [C-]#[N+]c1c(-c2cccc3ccccc23)c(-n2c3ccccc3c3ccc4c5ccccc5sc4c32)c(C#N)c(-n2c3ccccc3c3ccc4c5ccccc5sc4c32)c1-c1cccc2ccccc12. The first-order valence-corrected chi connectivity index (χ1v) is 25.0. The van der Waals surface area contributed by atoms with Crippen LogP contribution < -0.4 is 0 Å². The van der Waals surface area contributed by atoms with Gasteiger partial charge in [0.15, 0.2) is 0 Å². The number of nitriles is 1. The molecule has 0 N–H and O–H groups in total. The molecule has 0 aliphatic carbocycles. The lowest BCUT2D eigenvalue weighted by atomic mass is 9.86. The summed E-state index contributed by atoms with van der Waals surface area (Å²) in [6.07, 6.45) is 0. The predicted octanol–water partition coefficient (Wildman–Crippen LogP) is 18.7. The zero-order valence-electron chi connectivity index (χ0n) is 37.2. The number of fused-ring (bicyclic) bond motifs is 16. The maximum atomic E-state index is 12.6. The molecule has 15 aromatic rings. The van der Waals surface area contributed by atoms with Crippen molar-refractivity contribution in [3.63, 3.8) is 0 Å². The van der Waals surface area contributed by atoms with E-state index in [1.165, 1.54) is 20.2 Å². The summed E-state index contributed by atoms with van der Waals surface area (Å²) in [4.78, 5) is 4.79. The predicted molar refractivity (Wildman–Crippen MR) is 298 cm³/mol. The lowest BCUT2D eigenvalue weighted by Crippen LogP contribution is -2.09. The molecule has 15 rings (SSSR count). The fraction of sp³-hybridized carbons (Fsp3) is 0. The number of aromatic nitrogens is 2. The van der Waals surface area contributed by atoms with Gasteiger partial charge in [-0.15, -0.1) is 22.7 Å². The van der Waals surface area contributed by atoms with Gasteiger partial charge in [-0.1, -0.05) is 182 Å². The molecule has 0 saturated heterocycles. The molecule has 0 spiro atoms. The summed E-state index contributed by atoms with van der Waals surface area (Å²) in [5, 5.41) is 25.8. The first kappa shape index (κ1) is 39.0. The summed E-state index contributed by atoms with van der Waals surface area (Å²) in [6, 6.07) is 76.0. The smallest absolute Gasteiger partial charge is 0.206 e. The van der Waals surface area contributed by atoms with Crippen LogP contribution in [0.25, 0.3) is 144 Å². The molecule has 4 aromatic heterocycles. The van der Waals surface area contributed by atoms with E-state index in [4.69, 9.17) is 4.85 Å². The molecular weight excluding hydrogens is 889 g/mol. The highest BCUT2D eigenvalue weighted by Crippen LogP contribution is 2.56. The number of thiophene rings is 2. The van der Waals surface area contributed by atoms with Crippen LogP contribution in [0.1, 0.15) is 5.56 Å². The standard InChI is InChI=1S/C64H34N4S2/c1-66-58-56(45-26-14-18-37-16-2-4-20-39(37)45)59(67-52-28-10-6-22-41(52)47-32-34-49-43-24-8-12-30-54(43)69-63(49)61(47)67)51(36-65)60(57(58)46-27-15-19-38-17-3-5-21-40(38)46)68-53-29-11-7-23-42(53)48-33-35-50-44-25-9-13-31-55(44)70-64(50)62(48)68/h2-35H. The Hall–Kier alpha value is -9.04. The molecule has 0 aliphatic heterocycles. The molecule has 0 atom stereocenters. The van der Waals surface area contributed by atoms with Gasteiger partial charge in [-0.25, -0.2) is 4.85 Å². The summed E-state index contributed by atoms with van der Waals surface area (Å²) < 4.78 is 9.37. The minimum Gasteiger partial charge on any atom is -0.307 e. The number of benzene rings is 11. The van der Waals surface area contributed by atoms with Crippen molar-refractivity contribution in [3.8, 4) is 39.7 Å². The Labute approximate surface area is 408 Å². The molecule has 11 aromatic carbocycles. The van der Waals surface area contributed by atoms with E-state index in [2.05, 4.69) is 221 Å². The third-order valence-corrected chi connectivity index (χ3v) is 17.0. The Balaban J connectivity index is 1.27. The van der Waals surface area contributed by atoms with Gasteiger partial charge < -0.3 is 9.13 Å². The highest BCUT2D eigenvalue weighted by Gasteiger charge is 2.33. The molecule has 70 heavy (non-hydrogen) atoms. The molecule has 0 amide bonds. The van der Waals surface area contributed by atoms with Crippen molar-refractivity contribution < 1.29 is 0 Å². The van der Waals surface area contributed by atoms with Crippen LogP contribution in [0.3, 0.4) is 0 Å². The van der Waals surface area contributed by atoms with E-state index >= 15 is 0 Å². The van der Waals surface area contributed by atoms with E-state index in [0.29, 0.717) is 22.6 Å². The van der Waals surface area contributed by atoms with Gasteiger partial charge in [0.2, 0.25) is 5.69 Å². The number of para-hydroxylation sites is 2. The lowest BCUT2D eigenvalue weighted by Gasteiger charge is -2.26. The number of nitrogens with zero attached hydrogens (tertiary/aromatic N) is 4. The lowest BCUT2D eigenvalue weighted by molar-refractivity contribution is 1.13. The summed E-state index contributed by atoms with van der Waals surface area (Å²) in [5.74, 6) is 0. The molecule has 0 bridgehead atoms. The van der Waals surface area contributed by atoms with Crippen molar-refractivity contribution >= 4 is 134 Å². The van der Waals surface area contributed by atoms with Crippen LogP contribution in [0.5, 0.6) is 0 Å². The van der Waals surface area contributed by atoms with Crippen LogP contribution in [0.15, 0.2) is 206 Å². The van der Waals surface area contributed by atoms with Crippen LogP contribution in [-0.2, 0) is 0 Å². The third kappa shape index (κ3) is 5.21. The monoisotopic (exact) mass is 922 g/mol. The summed E-state index contributed by atoms with van der Waals surface area (Å²) >= 11 is 3.57. The maximum absolute atomic E-state index is 12.6. The highest BCUT2D eigenvalue weighted by atomic mass is 32.1. The van der Waals surface area contributed by atoms with E-state index in [1.807, 2.05) is 0 Å². The van der Waals surface area contributed by atoms with Gasteiger partial charge >= 0.3 is 0 Å². The van der Waals surface area contributed by atoms with Crippen molar-refractivity contribution in [2.45, 2.75) is 0 Å². The maximum Gasteiger partial charge on any atom is 0.206 e. The summed E-state index contributed by atoms with van der Waals surface area (Å²) in [5.41, 5.74) is 9.57. The Bertz CT molecular complexity index is 4570. The third-order valence-electron chi connectivity index (χ3n) is 14.6. The van der Waals surface area contributed by atoms with Crippen molar-refractivity contribution in [1.29, 1.82) is 5.26 Å². The van der Waals surface area contributed by atoms with E-state index in [-0.39, 0.29) is 0 Å². The minimum absolute atomic E-state index is 0.486. The first-order chi connectivity index (χ1) is 34.7. The van der Waals surface area contributed by atoms with Crippen molar-refractivity contribution in [2.75, 3.05) is 0 Å². The second kappa shape index (κ2) is 14.7. The Morgan fingerprint density at radius 2 is 0.771 bits per heavy atom. The summed E-state index contributed by atoms with van der Waals surface area (Å²) in [6.45, 7) is 9.70. The molecular formula is C64H34N4S2. The fourth-order valence-corrected chi connectivity index (χ4v) is 14.2. The largest absolute Gasteiger partial charge is 0.307 e. The van der Waals surface area contributed by atoms with E-state index < -0.39 is 0 Å². The van der Waals surface area contributed by atoms with Crippen molar-refractivity contribution in [3.05, 3.63) is 223 Å². The molecule has 0 radical (unpaired) electrons. The van der Waals surface area contributed by atoms with Gasteiger partial charge in [-0.2, -0.15) is 5.26 Å². The fourth-order valence-electron chi connectivity index (χ4n) is 11.7. The Morgan fingerprint density at radius 3 is 1.23 bits per heavy atom. The molecule has 0 aliphatic rings. The van der Waals surface area contributed by atoms with Gasteiger partial charge in [0.25, 0.3) is 0 Å². The summed E-state index contributed by atoms with van der Waals surface area (Å²) in [7, 11) is 0. The number of hydrogen-bond acceptors (Lipinski definition) is 3. The van der Waals surface area contributed by atoms with E-state index in [1.54, 1.807) is 22.7 Å². The second-order valence-corrected chi connectivity index (χ2v) is 20.1. The first-order valence-electron chi connectivity index (χ1n) is 23.4. The Kier molecular flexibility index (Phi) is 8.21. The van der Waals surface area contributed by atoms with Crippen LogP contribution in [-0.4, -0.2) is 9.13 Å². The number of hydrogen-bond donors (Lipinski definition) is 0. The van der Waals surface area contributed by atoms with Gasteiger partial charge in [0.1, 0.15) is 6.07 Å². The van der Waals surface area contributed by atoms with Crippen molar-refractivity contribution in [2.24, 2.45) is 0 Å². The zero-order chi connectivity index (χ0) is 46.2. The molecule has 6 heteroatoms. The molecule has 0 unspecified atom stereocenters. The van der Waals surface area contributed by atoms with Gasteiger partial charge in [0, 0.05) is 63.6 Å². The van der Waals surface area contributed by atoms with Crippen LogP contribution in [0.4, 0.5) is 5.69 Å². The molecule has 0 saturated carbocycles. The van der Waals surface area contributed by atoms with Gasteiger partial charge in [-0.3, -0.25) is 0 Å². The second-order valence-electron chi connectivity index (χ2n) is 18.0.